The molecule has 1 fully saturated rings. The number of cyclic esters (lactones) is 1. The lowest BCUT2D eigenvalue weighted by atomic mass is 9.81. The van der Waals surface area contributed by atoms with Gasteiger partial charge in [-0.15, -0.1) is 0 Å². The van der Waals surface area contributed by atoms with Gasteiger partial charge in [0, 0.05) is 27.5 Å². The Balaban J connectivity index is 1.15. The summed E-state index contributed by atoms with van der Waals surface area (Å²) in [6, 6.07) is 12.7. The number of hydrogen-bond donors (Lipinski definition) is 2. The zero-order valence-electron chi connectivity index (χ0n) is 26.5. The smallest absolute Gasteiger partial charge is 0.407 e. The molecule has 4 atom stereocenters. The quantitative estimate of drug-likeness (QED) is 0.150. The largest absolute Gasteiger partial charge is 0.458 e. The van der Waals surface area contributed by atoms with Crippen LogP contribution in [-0.4, -0.2) is 38.1 Å². The number of nitrogens with one attached hydrogen (secondary N) is 1. The maximum atomic E-state index is 15.2. The van der Waals surface area contributed by atoms with E-state index in [2.05, 4.69) is 17.4 Å². The Kier molecular flexibility index (Phi) is 7.80. The fourth-order valence-electron chi connectivity index (χ4n) is 7.74. The minimum atomic E-state index is -1.96. The van der Waals surface area contributed by atoms with Crippen LogP contribution in [0.5, 0.6) is 0 Å². The third kappa shape index (κ3) is 4.94. The second kappa shape index (κ2) is 11.9. The van der Waals surface area contributed by atoms with Crippen molar-refractivity contribution in [2.75, 3.05) is 0 Å². The molecule has 1 amide bonds. The molecule has 48 heavy (non-hydrogen) atoms. The van der Waals surface area contributed by atoms with Gasteiger partial charge in [-0.1, -0.05) is 46.7 Å². The van der Waals surface area contributed by atoms with Gasteiger partial charge in [-0.25, -0.2) is 19.0 Å². The number of fused-ring (bicyclic) bond motifs is 5. The number of benzene rings is 2. The van der Waals surface area contributed by atoms with Gasteiger partial charge >= 0.3 is 12.1 Å². The number of ether oxygens (including phenoxy) is 2. The van der Waals surface area contributed by atoms with E-state index in [-0.39, 0.29) is 53.4 Å². The van der Waals surface area contributed by atoms with E-state index in [1.54, 1.807) is 46.1 Å². The van der Waals surface area contributed by atoms with Gasteiger partial charge in [-0.3, -0.25) is 4.79 Å². The minimum absolute atomic E-state index is 0.0260. The van der Waals surface area contributed by atoms with Crippen LogP contribution in [-0.2, 0) is 39.4 Å². The molecule has 4 aliphatic rings. The molecule has 2 aromatic carbocycles. The Morgan fingerprint density at radius 1 is 1.17 bits per heavy atom. The molecule has 4 aromatic rings. The van der Waals surface area contributed by atoms with E-state index < -0.39 is 23.7 Å². The van der Waals surface area contributed by atoms with Crippen molar-refractivity contribution < 1.29 is 28.6 Å². The van der Waals surface area contributed by atoms with Crippen LogP contribution in [0.15, 0.2) is 52.2 Å². The highest BCUT2D eigenvalue weighted by molar-refractivity contribution is 8.77. The number of carbonyl (C=O) groups excluding carboxylic acids is 2. The first kappa shape index (κ1) is 31.4. The standard InChI is InChI=1S/C36H34FN3O6S2/c1-3-36(44)23-14-27-32-21(16-40(27)33(41)22(23)17-45-34(36)42)31-25(13-12-20-18(2)24(37)15-26(38-32)30(20)31)39-35(43)46-28-10-7-11-29(28)48-47-19-8-5-4-6-9-19/h4-6,8-9,14-15,25,28-29,44H,3,7,10-13,16-17H2,1-2H3,(H,39,43)/t25-,28+,29+,36-/m0/s1. The number of hydrogen-bond acceptors (Lipinski definition) is 9. The predicted octanol–water partition coefficient (Wildman–Crippen LogP) is 6.60. The van der Waals surface area contributed by atoms with Gasteiger partial charge in [0.1, 0.15) is 18.5 Å². The van der Waals surface area contributed by atoms with Crippen molar-refractivity contribution in [1.29, 1.82) is 0 Å². The van der Waals surface area contributed by atoms with Crippen molar-refractivity contribution in [2.24, 2.45) is 0 Å². The molecule has 9 nitrogen and oxygen atoms in total. The summed E-state index contributed by atoms with van der Waals surface area (Å²) in [5, 5.41) is 15.4. The lowest BCUT2D eigenvalue weighted by Gasteiger charge is -2.31. The van der Waals surface area contributed by atoms with E-state index in [9.17, 15) is 19.5 Å². The Morgan fingerprint density at radius 2 is 1.98 bits per heavy atom. The average Bonchev–Trinajstić information content (AvgIpc) is 3.69. The number of nitrogens with zero attached hydrogens (tertiary/aromatic N) is 2. The molecule has 0 saturated heterocycles. The Hall–Kier alpha value is -3.87. The summed E-state index contributed by atoms with van der Waals surface area (Å²) in [5.41, 5.74) is 2.36. The van der Waals surface area contributed by atoms with Gasteiger partial charge in [0.15, 0.2) is 5.60 Å². The van der Waals surface area contributed by atoms with Crippen LogP contribution in [0.1, 0.15) is 78.5 Å². The first-order valence-corrected chi connectivity index (χ1v) is 18.6. The first-order valence-electron chi connectivity index (χ1n) is 16.3. The van der Waals surface area contributed by atoms with Gasteiger partial charge in [0.25, 0.3) is 5.56 Å². The van der Waals surface area contributed by atoms with Crippen LogP contribution in [0.2, 0.25) is 0 Å². The molecule has 2 aromatic heterocycles. The summed E-state index contributed by atoms with van der Waals surface area (Å²) >= 11 is 0. The summed E-state index contributed by atoms with van der Waals surface area (Å²) in [6.45, 7) is 3.35. The fourth-order valence-corrected chi connectivity index (χ4v) is 10.5. The SMILES string of the molecule is CC[C@@]1(O)C(=O)OCc2c1cc1n(c2=O)Cc2c-1nc1cc(F)c(C)c3c1c2[C@@H](NC(=O)O[C@@H]1CCC[C@H]1SSc1ccccc1)CC3. The van der Waals surface area contributed by atoms with E-state index >= 15 is 4.39 Å². The third-order valence-electron chi connectivity index (χ3n) is 10.3. The van der Waals surface area contributed by atoms with E-state index in [0.717, 1.165) is 46.2 Å². The van der Waals surface area contributed by atoms with Gasteiger partial charge in [0.2, 0.25) is 0 Å². The second-order valence-electron chi connectivity index (χ2n) is 13.0. The van der Waals surface area contributed by atoms with E-state index in [1.807, 2.05) is 18.2 Å². The summed E-state index contributed by atoms with van der Waals surface area (Å²) in [7, 11) is 3.42. The number of pyridine rings is 2. The highest BCUT2D eigenvalue weighted by Crippen LogP contribution is 2.46. The number of halogens is 1. The number of aromatic nitrogens is 2. The molecular weight excluding hydrogens is 654 g/mol. The molecule has 0 radical (unpaired) electrons. The van der Waals surface area contributed by atoms with Crippen molar-refractivity contribution >= 4 is 44.6 Å². The molecule has 0 spiro atoms. The molecule has 2 N–H and O–H groups in total. The zero-order chi connectivity index (χ0) is 33.3. The molecule has 0 unspecified atom stereocenters. The molecule has 2 aliphatic heterocycles. The highest BCUT2D eigenvalue weighted by Gasteiger charge is 2.46. The molecule has 248 valence electrons. The van der Waals surface area contributed by atoms with Crippen molar-refractivity contribution in [2.45, 2.75) is 93.4 Å². The number of amides is 1. The molecule has 0 bridgehead atoms. The lowest BCUT2D eigenvalue weighted by molar-refractivity contribution is -0.172. The monoisotopic (exact) mass is 687 g/mol. The molecular formula is C36H34FN3O6S2. The van der Waals surface area contributed by atoms with Gasteiger partial charge in [-0.2, -0.15) is 0 Å². The third-order valence-corrected chi connectivity index (χ3v) is 13.3. The van der Waals surface area contributed by atoms with Crippen molar-refractivity contribution in [3.05, 3.63) is 92.0 Å². The zero-order valence-corrected chi connectivity index (χ0v) is 28.1. The van der Waals surface area contributed by atoms with Gasteiger partial charge in [0.05, 0.1) is 40.3 Å². The Labute approximate surface area is 284 Å². The van der Waals surface area contributed by atoms with E-state index in [4.69, 9.17) is 14.5 Å². The normalized spacial score (nSPS) is 23.8. The average molecular weight is 688 g/mol. The predicted molar refractivity (Wildman–Crippen MR) is 181 cm³/mol. The van der Waals surface area contributed by atoms with Crippen LogP contribution in [0, 0.1) is 12.7 Å². The van der Waals surface area contributed by atoms with E-state index in [0.29, 0.717) is 35.3 Å². The molecule has 1 saturated carbocycles. The van der Waals surface area contributed by atoms with Crippen LogP contribution in [0.4, 0.5) is 9.18 Å². The highest BCUT2D eigenvalue weighted by atomic mass is 33.1. The van der Waals surface area contributed by atoms with Crippen molar-refractivity contribution in [1.82, 2.24) is 14.9 Å². The number of aryl methyl sites for hydroxylation is 1. The molecule has 2 aliphatic carbocycles. The van der Waals surface area contributed by atoms with Gasteiger partial charge < -0.3 is 24.5 Å². The topological polar surface area (TPSA) is 120 Å². The van der Waals surface area contributed by atoms with Crippen molar-refractivity contribution in [3.63, 3.8) is 0 Å². The Morgan fingerprint density at radius 3 is 2.77 bits per heavy atom. The molecule has 4 heterocycles. The fraction of sp³-hybridized carbons (Fsp3) is 0.389. The number of carbonyl (C=O) groups is 2. The van der Waals surface area contributed by atoms with Crippen molar-refractivity contribution in [3.8, 4) is 11.4 Å². The number of aliphatic hydroxyl groups is 1. The number of rotatable bonds is 6. The van der Waals surface area contributed by atoms with Crippen LogP contribution in [0.3, 0.4) is 0 Å². The van der Waals surface area contributed by atoms with Gasteiger partial charge in [-0.05, 0) is 80.3 Å². The van der Waals surface area contributed by atoms with Crippen LogP contribution < -0.4 is 10.9 Å². The minimum Gasteiger partial charge on any atom is -0.458 e. The second-order valence-corrected chi connectivity index (χ2v) is 15.5. The number of esters is 1. The maximum Gasteiger partial charge on any atom is 0.407 e. The summed E-state index contributed by atoms with van der Waals surface area (Å²) in [5.74, 6) is -1.17. The summed E-state index contributed by atoms with van der Waals surface area (Å²) < 4.78 is 28.1. The Bertz CT molecular complexity index is 2070. The lowest BCUT2D eigenvalue weighted by Crippen LogP contribution is -2.44. The summed E-state index contributed by atoms with van der Waals surface area (Å²) in [6.07, 6.45) is 3.09. The van der Waals surface area contributed by atoms with E-state index in [1.165, 1.54) is 6.07 Å². The number of alkyl carbamates (subject to hydrolysis) is 1. The first-order chi connectivity index (χ1) is 23.2. The maximum absolute atomic E-state index is 15.2. The molecule has 8 rings (SSSR count). The van der Waals surface area contributed by atoms with Crippen LogP contribution in [0.25, 0.3) is 22.3 Å². The van der Waals surface area contributed by atoms with Crippen LogP contribution >= 0.6 is 21.6 Å². The summed E-state index contributed by atoms with van der Waals surface area (Å²) in [4.78, 5) is 46.1. The molecule has 12 heteroatoms.